The van der Waals surface area contributed by atoms with Crippen molar-refractivity contribution in [2.24, 2.45) is 0 Å². The van der Waals surface area contributed by atoms with Gasteiger partial charge in [-0.15, -0.1) is 0 Å². The van der Waals surface area contributed by atoms with E-state index in [2.05, 4.69) is 82.3 Å². The Morgan fingerprint density at radius 1 is 0.490 bits per heavy atom. The Bertz CT molecular complexity index is 1760. The van der Waals surface area contributed by atoms with E-state index in [1.165, 1.54) is 0 Å². The van der Waals surface area contributed by atoms with Crippen molar-refractivity contribution in [2.45, 2.75) is 67.7 Å². The molecule has 6 aromatic heterocycles. The zero-order valence-electron chi connectivity index (χ0n) is 29.2. The van der Waals surface area contributed by atoms with Crippen molar-refractivity contribution < 1.29 is 27.2 Å². The first-order valence-corrected chi connectivity index (χ1v) is 15.1. The van der Waals surface area contributed by atoms with Crippen LogP contribution in [0.2, 0.25) is 0 Å². The monoisotopic (exact) mass is 749 g/mol. The van der Waals surface area contributed by atoms with Crippen LogP contribution in [0.3, 0.4) is 0 Å². The maximum Gasteiger partial charge on any atom is 2.00 e. The van der Waals surface area contributed by atoms with Crippen molar-refractivity contribution in [3.05, 3.63) is 161 Å². The van der Waals surface area contributed by atoms with E-state index in [-0.39, 0.29) is 29.4 Å². The summed E-state index contributed by atoms with van der Waals surface area (Å²) in [6, 6.07) is 20.1. The van der Waals surface area contributed by atoms with Crippen LogP contribution in [0.15, 0.2) is 73.1 Å². The van der Waals surface area contributed by atoms with Gasteiger partial charge >= 0.3 is 17.1 Å². The molecule has 0 aromatic carbocycles. The molecular weight excluding hydrogens is 712 g/mol. The Labute approximate surface area is 304 Å². The fraction of sp³-hybridized carbons (Fsp3) is 0.312. The van der Waals surface area contributed by atoms with Gasteiger partial charge in [-0.3, -0.25) is 9.97 Å². The first-order chi connectivity index (χ1) is 23.6. The molecule has 0 aliphatic rings. The van der Waals surface area contributed by atoms with E-state index in [4.69, 9.17) is 30.6 Å². The van der Waals surface area contributed by atoms with Crippen LogP contribution in [-0.2, 0) is 17.1 Å². The van der Waals surface area contributed by atoms with Crippen LogP contribution >= 0.6 is 0 Å². The van der Waals surface area contributed by atoms with Crippen LogP contribution in [0, 0.1) is 86.0 Å². The summed E-state index contributed by atoms with van der Waals surface area (Å²) in [5.41, 5.74) is 10.2. The average Bonchev–Trinajstić information content (AvgIpc) is 3.75. The first kappa shape index (κ1) is 41.2. The van der Waals surface area contributed by atoms with Crippen LogP contribution in [0.5, 0.6) is 0 Å². The number of hydrogen-bond acceptors (Lipinski definition) is 12. The van der Waals surface area contributed by atoms with E-state index in [0.717, 1.165) is 56.9 Å². The summed E-state index contributed by atoms with van der Waals surface area (Å²) in [6.07, 6.45) is 3.29. The second-order valence-electron chi connectivity index (χ2n) is 11.2. The third-order valence-electron chi connectivity index (χ3n) is 7.01. The molecule has 0 unspecified atom stereocenters. The maximum atomic E-state index is 8.25. The Hall–Kier alpha value is -5.94. The number of aromatic nitrogens is 10. The summed E-state index contributed by atoms with van der Waals surface area (Å²) in [7, 11) is 0. The number of rotatable bonds is 6. The molecule has 0 saturated heterocycles. The molecule has 0 aliphatic heterocycles. The van der Waals surface area contributed by atoms with E-state index in [0.29, 0.717) is 0 Å². The molecule has 0 saturated carbocycles. The average molecular weight is 750 g/mol. The molecule has 0 spiro atoms. The largest absolute Gasteiger partial charge is 2.00 e. The van der Waals surface area contributed by atoms with E-state index in [1.54, 1.807) is 12.4 Å². The number of pyridine rings is 2. The molecule has 19 heteroatoms. The second-order valence-corrected chi connectivity index (χ2v) is 11.2. The van der Waals surface area contributed by atoms with Gasteiger partial charge in [-0.05, 0) is 104 Å². The van der Waals surface area contributed by atoms with Crippen molar-refractivity contribution in [2.75, 3.05) is 0 Å². The molecule has 0 fully saturated rings. The second kappa shape index (κ2) is 18.7. The zero-order chi connectivity index (χ0) is 37.1. The Morgan fingerprint density at radius 3 is 0.882 bits per heavy atom. The fourth-order valence-corrected chi connectivity index (χ4v) is 5.34. The molecule has 0 aliphatic carbocycles. The number of nitrogens with zero attached hydrogens (tertiary/aromatic N) is 12. The van der Waals surface area contributed by atoms with Crippen LogP contribution in [-0.4, -0.2) is 59.3 Å². The number of hydrogen-bond donors (Lipinski definition) is 0. The number of aryl methyl sites for hydroxylation is 8. The van der Waals surface area contributed by atoms with E-state index in [9.17, 15) is 0 Å². The molecular formula is C32H38CuN12O6. The van der Waals surface area contributed by atoms with Crippen LogP contribution in [0.4, 0.5) is 0 Å². The van der Waals surface area contributed by atoms with E-state index in [1.807, 2.05) is 82.8 Å². The van der Waals surface area contributed by atoms with Gasteiger partial charge in [-0.1, -0.05) is 12.1 Å². The maximum absolute atomic E-state index is 8.25. The molecule has 51 heavy (non-hydrogen) atoms. The molecule has 273 valence electrons. The molecule has 1 radical (unpaired) electrons. The smallest absolute Gasteiger partial charge is 0.356 e. The van der Waals surface area contributed by atoms with Gasteiger partial charge in [0, 0.05) is 35.2 Å². The van der Waals surface area contributed by atoms with Gasteiger partial charge in [-0.2, -0.15) is 20.4 Å². The van der Waals surface area contributed by atoms with Gasteiger partial charge in [0.25, 0.3) is 0 Å². The van der Waals surface area contributed by atoms with Gasteiger partial charge in [0.1, 0.15) is 0 Å². The van der Waals surface area contributed by atoms with E-state index < -0.39 is 10.2 Å². The molecule has 0 amide bonds. The van der Waals surface area contributed by atoms with Crippen molar-refractivity contribution in [3.63, 3.8) is 0 Å². The van der Waals surface area contributed by atoms with Gasteiger partial charge in [0.2, 0.25) is 0 Å². The Balaban J connectivity index is 0.000000288. The van der Waals surface area contributed by atoms with Crippen molar-refractivity contribution in [1.82, 2.24) is 49.1 Å². The SMILES string of the molecule is Cc1cc(C)n(C(c2ccccn2)n2nc(C)cc2C)n1.Cc1cc(C)n(C(c2ccccn2)n2nc(C)cc2C)n1.O=[N+]([O-])[O-].O=[N+]([O-])[O-].[Cu+2]. The molecule has 6 aromatic rings. The van der Waals surface area contributed by atoms with Crippen molar-refractivity contribution >= 4 is 0 Å². The quantitative estimate of drug-likeness (QED) is 0.123. The van der Waals surface area contributed by atoms with Crippen LogP contribution < -0.4 is 0 Å². The summed E-state index contributed by atoms with van der Waals surface area (Å²) in [4.78, 5) is 25.5. The minimum absolute atomic E-state index is 0. The summed E-state index contributed by atoms with van der Waals surface area (Å²) in [5.74, 6) is 0. The van der Waals surface area contributed by atoms with Gasteiger partial charge in [0.15, 0.2) is 12.3 Å². The fourth-order valence-electron chi connectivity index (χ4n) is 5.34. The molecule has 18 nitrogen and oxygen atoms in total. The van der Waals surface area contributed by atoms with Gasteiger partial charge in [-0.25, -0.2) is 18.7 Å². The zero-order valence-corrected chi connectivity index (χ0v) is 30.1. The molecule has 6 rings (SSSR count). The van der Waals surface area contributed by atoms with E-state index >= 15 is 0 Å². The molecule has 0 N–H and O–H groups in total. The summed E-state index contributed by atoms with van der Waals surface area (Å²) < 4.78 is 7.93. The minimum atomic E-state index is -1.75. The first-order valence-electron chi connectivity index (χ1n) is 15.1. The summed E-state index contributed by atoms with van der Waals surface area (Å²) in [5, 5.41) is 48.0. The summed E-state index contributed by atoms with van der Waals surface area (Å²) in [6.45, 7) is 16.2. The molecule has 0 atom stereocenters. The molecule has 0 bridgehead atoms. The van der Waals surface area contributed by atoms with Crippen molar-refractivity contribution in [1.29, 1.82) is 0 Å². The summed E-state index contributed by atoms with van der Waals surface area (Å²) >= 11 is 0. The van der Waals surface area contributed by atoms with Crippen LogP contribution in [0.1, 0.15) is 69.3 Å². The predicted molar refractivity (Wildman–Crippen MR) is 183 cm³/mol. The topological polar surface area (TPSA) is 229 Å². The van der Waals surface area contributed by atoms with Gasteiger partial charge < -0.3 is 30.6 Å². The van der Waals surface area contributed by atoms with Crippen LogP contribution in [0.25, 0.3) is 0 Å². The third-order valence-corrected chi connectivity index (χ3v) is 7.01. The van der Waals surface area contributed by atoms with Gasteiger partial charge in [0.05, 0.1) is 44.3 Å². The third kappa shape index (κ3) is 11.6. The standard InChI is InChI=1S/2C16H19N5.Cu.2NO3/c2*1-11-9-13(3)20(18-11)16(15-7-5-6-8-17-15)21-14(4)10-12(2)19-21;;2*2-1(3)4/h2*5-10,16H,1-4H3;;;/q;;+2;2*-1. The molecule has 6 heterocycles. The Kier molecular flexibility index (Phi) is 15.1. The predicted octanol–water partition coefficient (Wildman–Crippen LogP) is 5.13. The minimum Gasteiger partial charge on any atom is -0.356 e. The van der Waals surface area contributed by atoms with Crippen molar-refractivity contribution in [3.8, 4) is 0 Å². The Morgan fingerprint density at radius 2 is 0.725 bits per heavy atom. The normalized spacial score (nSPS) is 10.2.